The highest BCUT2D eigenvalue weighted by Gasteiger charge is 2.26. The van der Waals surface area contributed by atoms with Crippen LogP contribution in [0.1, 0.15) is 37.8 Å². The lowest BCUT2D eigenvalue weighted by atomic mass is 10.1. The third-order valence-electron chi connectivity index (χ3n) is 5.44. The first-order valence-electron chi connectivity index (χ1n) is 11.0. The Morgan fingerprint density at radius 1 is 1.15 bits per heavy atom. The molecule has 0 saturated heterocycles. The van der Waals surface area contributed by atoms with Crippen LogP contribution in [-0.4, -0.2) is 50.5 Å². The van der Waals surface area contributed by atoms with E-state index < -0.39 is 16.1 Å². The summed E-state index contributed by atoms with van der Waals surface area (Å²) in [5.41, 5.74) is 2.03. The van der Waals surface area contributed by atoms with Crippen molar-refractivity contribution in [2.45, 2.75) is 46.2 Å². The zero-order chi connectivity index (χ0) is 25.5. The van der Waals surface area contributed by atoms with Gasteiger partial charge in [0.25, 0.3) is 0 Å². The van der Waals surface area contributed by atoms with Crippen molar-refractivity contribution < 1.29 is 18.0 Å². The number of hydrogen-bond acceptors (Lipinski definition) is 4. The van der Waals surface area contributed by atoms with Crippen molar-refractivity contribution in [1.29, 1.82) is 0 Å². The molecule has 0 aliphatic heterocycles. The molecule has 0 fully saturated rings. The zero-order valence-corrected chi connectivity index (χ0v) is 23.0. The van der Waals surface area contributed by atoms with Crippen molar-refractivity contribution in [3.05, 3.63) is 63.1 Å². The number of likely N-dealkylation sites (N-methyl/N-ethyl adjacent to an activating group) is 1. The van der Waals surface area contributed by atoms with Gasteiger partial charge in [0.15, 0.2) is 0 Å². The standard InChI is InChI=1S/C24H31BrClN3O4S/c1-5-27-24(31)18(3)28(16-19-11-13-20(25)14-12-19)23(30)10-7-15-29(34(4,32)33)22-9-6-8-21(26)17(22)2/h6,8-9,11-14,18H,5,7,10,15-16H2,1-4H3,(H,27,31). The SMILES string of the molecule is CCNC(=O)C(C)N(Cc1ccc(Br)cc1)C(=O)CCCN(c1cccc(Cl)c1C)S(C)(=O)=O. The highest BCUT2D eigenvalue weighted by molar-refractivity contribution is 9.10. The van der Waals surface area contributed by atoms with Gasteiger partial charge in [0.05, 0.1) is 11.9 Å². The maximum atomic E-state index is 13.2. The van der Waals surface area contributed by atoms with Gasteiger partial charge in [-0.3, -0.25) is 13.9 Å². The first-order chi connectivity index (χ1) is 16.0. The molecule has 0 heterocycles. The van der Waals surface area contributed by atoms with Gasteiger partial charge in [0, 0.05) is 35.6 Å². The Hall–Kier alpha value is -2.10. The summed E-state index contributed by atoms with van der Waals surface area (Å²) in [4.78, 5) is 27.2. The molecule has 2 amide bonds. The van der Waals surface area contributed by atoms with Crippen LogP contribution >= 0.6 is 27.5 Å². The van der Waals surface area contributed by atoms with Crippen LogP contribution in [0.5, 0.6) is 0 Å². The Bertz CT molecular complexity index is 1110. The minimum Gasteiger partial charge on any atom is -0.355 e. The highest BCUT2D eigenvalue weighted by Crippen LogP contribution is 2.28. The maximum absolute atomic E-state index is 13.2. The number of benzene rings is 2. The van der Waals surface area contributed by atoms with E-state index in [1.54, 1.807) is 32.0 Å². The van der Waals surface area contributed by atoms with Crippen LogP contribution in [0.3, 0.4) is 0 Å². The van der Waals surface area contributed by atoms with E-state index in [4.69, 9.17) is 11.6 Å². The summed E-state index contributed by atoms with van der Waals surface area (Å²) >= 11 is 9.59. The molecular weight excluding hydrogens is 542 g/mol. The maximum Gasteiger partial charge on any atom is 0.242 e. The average molecular weight is 573 g/mol. The minimum atomic E-state index is -3.58. The van der Waals surface area contributed by atoms with Gasteiger partial charge in [-0.25, -0.2) is 8.42 Å². The highest BCUT2D eigenvalue weighted by atomic mass is 79.9. The smallest absolute Gasteiger partial charge is 0.242 e. The molecule has 0 bridgehead atoms. The summed E-state index contributed by atoms with van der Waals surface area (Å²) < 4.78 is 27.1. The number of halogens is 2. The van der Waals surface area contributed by atoms with Gasteiger partial charge in [0.2, 0.25) is 21.8 Å². The lowest BCUT2D eigenvalue weighted by Crippen LogP contribution is -2.47. The normalized spacial score (nSPS) is 12.2. The second-order valence-electron chi connectivity index (χ2n) is 8.04. The van der Waals surface area contributed by atoms with Crippen molar-refractivity contribution in [3.63, 3.8) is 0 Å². The molecule has 186 valence electrons. The molecule has 2 aromatic rings. The molecule has 2 aromatic carbocycles. The summed E-state index contributed by atoms with van der Waals surface area (Å²) in [6.45, 7) is 6.13. The number of nitrogens with zero attached hydrogens (tertiary/aromatic N) is 2. The molecule has 34 heavy (non-hydrogen) atoms. The molecule has 2 rings (SSSR count). The third-order valence-corrected chi connectivity index (χ3v) is 7.56. The fraction of sp³-hybridized carbons (Fsp3) is 0.417. The molecule has 0 spiro atoms. The van der Waals surface area contributed by atoms with Crippen LogP contribution in [0.4, 0.5) is 5.69 Å². The van der Waals surface area contributed by atoms with Crippen LogP contribution in [0.25, 0.3) is 0 Å². The van der Waals surface area contributed by atoms with Crippen molar-refractivity contribution in [3.8, 4) is 0 Å². The molecule has 0 saturated carbocycles. The number of carbonyl (C=O) groups excluding carboxylic acids is 2. The van der Waals surface area contributed by atoms with E-state index in [2.05, 4.69) is 21.2 Å². The number of sulfonamides is 1. The van der Waals surface area contributed by atoms with Crippen LogP contribution < -0.4 is 9.62 Å². The number of carbonyl (C=O) groups is 2. The van der Waals surface area contributed by atoms with Gasteiger partial charge in [-0.15, -0.1) is 0 Å². The molecule has 1 N–H and O–H groups in total. The lowest BCUT2D eigenvalue weighted by molar-refractivity contribution is -0.140. The van der Waals surface area contributed by atoms with E-state index >= 15 is 0 Å². The van der Waals surface area contributed by atoms with Gasteiger partial charge < -0.3 is 10.2 Å². The second-order valence-corrected chi connectivity index (χ2v) is 11.3. The van der Waals surface area contributed by atoms with Crippen LogP contribution in [0, 0.1) is 6.92 Å². The largest absolute Gasteiger partial charge is 0.355 e. The Kier molecular flexibility index (Phi) is 10.4. The molecule has 0 aliphatic carbocycles. The van der Waals surface area contributed by atoms with Gasteiger partial charge in [-0.05, 0) is 62.6 Å². The second kappa shape index (κ2) is 12.6. The third kappa shape index (κ3) is 7.71. The molecule has 7 nitrogen and oxygen atoms in total. The van der Waals surface area contributed by atoms with E-state index in [0.717, 1.165) is 16.3 Å². The van der Waals surface area contributed by atoms with E-state index in [1.807, 2.05) is 31.2 Å². The summed E-state index contributed by atoms with van der Waals surface area (Å²) in [5.74, 6) is -0.460. The summed E-state index contributed by atoms with van der Waals surface area (Å²) in [7, 11) is -3.58. The minimum absolute atomic E-state index is 0.0892. The van der Waals surface area contributed by atoms with E-state index in [1.165, 1.54) is 9.21 Å². The number of rotatable bonds is 11. The summed E-state index contributed by atoms with van der Waals surface area (Å²) in [5, 5.41) is 3.23. The molecule has 0 radical (unpaired) electrons. The van der Waals surface area contributed by atoms with Gasteiger partial charge >= 0.3 is 0 Å². The van der Waals surface area contributed by atoms with Crippen molar-refractivity contribution in [1.82, 2.24) is 10.2 Å². The van der Waals surface area contributed by atoms with Crippen LogP contribution in [0.15, 0.2) is 46.9 Å². The quantitative estimate of drug-likeness (QED) is 0.429. The van der Waals surface area contributed by atoms with Crippen molar-refractivity contribution in [2.75, 3.05) is 23.7 Å². The van der Waals surface area contributed by atoms with Crippen LogP contribution in [-0.2, 0) is 26.2 Å². The monoisotopic (exact) mass is 571 g/mol. The molecule has 10 heteroatoms. The fourth-order valence-corrected chi connectivity index (χ4v) is 4.99. The van der Waals surface area contributed by atoms with Gasteiger partial charge in [-0.1, -0.05) is 45.7 Å². The van der Waals surface area contributed by atoms with Crippen molar-refractivity contribution in [2.24, 2.45) is 0 Å². The Balaban J connectivity index is 2.18. The van der Waals surface area contributed by atoms with E-state index in [-0.39, 0.29) is 37.7 Å². The lowest BCUT2D eigenvalue weighted by Gasteiger charge is -2.29. The Labute approximate surface area is 215 Å². The number of amides is 2. The summed E-state index contributed by atoms with van der Waals surface area (Å²) in [6, 6.07) is 12.0. The first-order valence-corrected chi connectivity index (χ1v) is 14.0. The molecule has 1 unspecified atom stereocenters. The van der Waals surface area contributed by atoms with Gasteiger partial charge in [-0.2, -0.15) is 0 Å². The Morgan fingerprint density at radius 2 is 1.79 bits per heavy atom. The average Bonchev–Trinajstić information content (AvgIpc) is 2.77. The molecular formula is C24H31BrClN3O4S. The molecule has 0 aromatic heterocycles. The molecule has 1 atom stereocenters. The number of hydrogen-bond donors (Lipinski definition) is 1. The molecule has 0 aliphatic rings. The topological polar surface area (TPSA) is 86.8 Å². The number of nitrogens with one attached hydrogen (secondary N) is 1. The van der Waals surface area contributed by atoms with E-state index in [9.17, 15) is 18.0 Å². The van der Waals surface area contributed by atoms with Crippen molar-refractivity contribution >= 4 is 55.1 Å². The summed E-state index contributed by atoms with van der Waals surface area (Å²) in [6.07, 6.45) is 1.51. The van der Waals surface area contributed by atoms with E-state index in [0.29, 0.717) is 22.8 Å². The predicted octanol–water partition coefficient (Wildman–Crippen LogP) is 4.51. The Morgan fingerprint density at radius 3 is 2.38 bits per heavy atom. The fourth-order valence-electron chi connectivity index (χ4n) is 3.54. The zero-order valence-electron chi connectivity index (χ0n) is 19.8. The predicted molar refractivity (Wildman–Crippen MR) is 140 cm³/mol. The number of anilines is 1. The van der Waals surface area contributed by atoms with Crippen LogP contribution in [0.2, 0.25) is 5.02 Å². The van der Waals surface area contributed by atoms with Gasteiger partial charge in [0.1, 0.15) is 6.04 Å². The first kappa shape index (κ1) is 28.1.